The summed E-state index contributed by atoms with van der Waals surface area (Å²) < 4.78 is 6.09. The molecule has 0 N–H and O–H groups in total. The van der Waals surface area contributed by atoms with E-state index in [4.69, 9.17) is 4.74 Å². The maximum Gasteiger partial charge on any atom is 0.308 e. The molecule has 0 saturated carbocycles. The zero-order valence-electron chi connectivity index (χ0n) is 8.16. The topological polar surface area (TPSA) is 26.3 Å². The van der Waals surface area contributed by atoms with Crippen molar-refractivity contribution in [1.29, 1.82) is 0 Å². The third kappa shape index (κ3) is 2.18. The van der Waals surface area contributed by atoms with E-state index in [1.165, 1.54) is 6.92 Å². The molecule has 0 radical (unpaired) electrons. The van der Waals surface area contributed by atoms with Crippen molar-refractivity contribution >= 4 is 21.9 Å². The van der Waals surface area contributed by atoms with E-state index in [0.717, 1.165) is 15.6 Å². The molecule has 0 unspecified atom stereocenters. The fraction of sp³-hybridized carbons (Fsp3) is 0.0833. The maximum absolute atomic E-state index is 10.9. The number of rotatable bonds is 1. The summed E-state index contributed by atoms with van der Waals surface area (Å²) >= 11 is 3.41. The maximum atomic E-state index is 10.9. The van der Waals surface area contributed by atoms with Gasteiger partial charge in [-0.2, -0.15) is 0 Å². The second-order valence-electron chi connectivity index (χ2n) is 3.22. The first-order valence-electron chi connectivity index (χ1n) is 4.53. The summed E-state index contributed by atoms with van der Waals surface area (Å²) in [6.45, 7) is 1.40. The lowest BCUT2D eigenvalue weighted by molar-refractivity contribution is -0.131. The molecule has 2 aliphatic carbocycles. The quantitative estimate of drug-likeness (QED) is 0.738. The van der Waals surface area contributed by atoms with Gasteiger partial charge in [0.25, 0.3) is 0 Å². The van der Waals surface area contributed by atoms with Gasteiger partial charge in [-0.05, 0) is 23.8 Å². The highest BCUT2D eigenvalue weighted by molar-refractivity contribution is 9.10. The smallest absolute Gasteiger partial charge is 0.308 e. The molecule has 76 valence electrons. The van der Waals surface area contributed by atoms with Gasteiger partial charge in [0.2, 0.25) is 0 Å². The number of carbonyl (C=O) groups excluding carboxylic acids is 1. The van der Waals surface area contributed by atoms with Crippen molar-refractivity contribution in [3.8, 4) is 16.9 Å². The van der Waals surface area contributed by atoms with Gasteiger partial charge >= 0.3 is 5.97 Å². The van der Waals surface area contributed by atoms with Crippen LogP contribution in [0.25, 0.3) is 11.1 Å². The summed E-state index contributed by atoms with van der Waals surface area (Å²) in [4.78, 5) is 10.9. The van der Waals surface area contributed by atoms with Crippen LogP contribution in [-0.4, -0.2) is 5.97 Å². The molecule has 15 heavy (non-hydrogen) atoms. The first-order chi connectivity index (χ1) is 7.16. The Morgan fingerprint density at radius 1 is 1.27 bits per heavy atom. The van der Waals surface area contributed by atoms with Crippen LogP contribution < -0.4 is 4.74 Å². The van der Waals surface area contributed by atoms with Gasteiger partial charge in [-0.1, -0.05) is 34.1 Å². The lowest BCUT2D eigenvalue weighted by atomic mass is 10.2. The van der Waals surface area contributed by atoms with Crippen molar-refractivity contribution < 1.29 is 9.53 Å². The van der Waals surface area contributed by atoms with Crippen LogP contribution in [0.2, 0.25) is 0 Å². The second-order valence-corrected chi connectivity index (χ2v) is 4.13. The van der Waals surface area contributed by atoms with Gasteiger partial charge in [-0.3, -0.25) is 4.79 Å². The predicted octanol–water partition coefficient (Wildman–Crippen LogP) is 3.48. The van der Waals surface area contributed by atoms with Crippen LogP contribution in [-0.2, 0) is 4.79 Å². The van der Waals surface area contributed by atoms with Gasteiger partial charge in [0.1, 0.15) is 5.75 Å². The molecule has 0 aromatic heterocycles. The summed E-state index contributed by atoms with van der Waals surface area (Å²) in [6, 6.07) is 11.5. The van der Waals surface area contributed by atoms with Crippen molar-refractivity contribution in [3.05, 3.63) is 40.9 Å². The Bertz CT molecular complexity index is 479. The number of halogens is 1. The highest BCUT2D eigenvalue weighted by Crippen LogP contribution is 2.34. The number of hydrogen-bond acceptors (Lipinski definition) is 2. The Morgan fingerprint density at radius 3 is 2.80 bits per heavy atom. The molecule has 0 aromatic carbocycles. The summed E-state index contributed by atoms with van der Waals surface area (Å²) in [5.41, 5.74) is 1.99. The molecule has 2 rings (SSSR count). The van der Waals surface area contributed by atoms with Crippen molar-refractivity contribution in [1.82, 2.24) is 0 Å². The zero-order chi connectivity index (χ0) is 10.8. The van der Waals surface area contributed by atoms with Crippen LogP contribution in [0.3, 0.4) is 0 Å². The number of hydrogen-bond donors (Lipinski definition) is 0. The lowest BCUT2D eigenvalue weighted by Gasteiger charge is -2.00. The Morgan fingerprint density at radius 2 is 2.07 bits per heavy atom. The molecule has 0 spiro atoms. The van der Waals surface area contributed by atoms with E-state index in [0.29, 0.717) is 5.75 Å². The Kier molecular flexibility index (Phi) is 2.73. The minimum Gasteiger partial charge on any atom is -0.426 e. The molecule has 0 saturated heterocycles. The van der Waals surface area contributed by atoms with E-state index in [-0.39, 0.29) is 5.97 Å². The van der Waals surface area contributed by atoms with Crippen molar-refractivity contribution in [2.45, 2.75) is 6.92 Å². The molecule has 2 nitrogen and oxygen atoms in total. The van der Waals surface area contributed by atoms with Gasteiger partial charge < -0.3 is 4.74 Å². The third-order valence-corrected chi connectivity index (χ3v) is 2.55. The first-order valence-corrected chi connectivity index (χ1v) is 5.33. The molecule has 0 aliphatic heterocycles. The minimum absolute atomic E-state index is 0.298. The summed E-state index contributed by atoms with van der Waals surface area (Å²) in [6.07, 6.45) is 0. The van der Waals surface area contributed by atoms with Crippen molar-refractivity contribution in [3.63, 3.8) is 0 Å². The second kappa shape index (κ2) is 4.03. The third-order valence-electron chi connectivity index (χ3n) is 2.06. The van der Waals surface area contributed by atoms with Crippen LogP contribution in [0, 0.1) is 0 Å². The average Bonchev–Trinajstić information content (AvgIpc) is 2.42. The average molecular weight is 265 g/mol. The Hall–Kier alpha value is -1.35. The lowest BCUT2D eigenvalue weighted by Crippen LogP contribution is -2.00. The molecule has 3 heteroatoms. The predicted molar refractivity (Wildman–Crippen MR) is 62.1 cm³/mol. The van der Waals surface area contributed by atoms with Gasteiger partial charge in [-0.15, -0.1) is 0 Å². The number of carbonyl (C=O) groups is 1. The van der Waals surface area contributed by atoms with Crippen LogP contribution >= 0.6 is 15.9 Å². The van der Waals surface area contributed by atoms with E-state index in [2.05, 4.69) is 15.9 Å². The van der Waals surface area contributed by atoms with E-state index in [9.17, 15) is 4.79 Å². The molecule has 0 aromatic rings. The SMILES string of the molecule is CC(=O)Oc1ccc2cc(Br)cccc1-2. The van der Waals surface area contributed by atoms with Crippen LogP contribution in [0.15, 0.2) is 40.9 Å². The van der Waals surface area contributed by atoms with E-state index in [1.807, 2.05) is 30.3 Å². The van der Waals surface area contributed by atoms with Gasteiger partial charge in [-0.25, -0.2) is 0 Å². The fourth-order valence-corrected chi connectivity index (χ4v) is 1.87. The fourth-order valence-electron chi connectivity index (χ4n) is 1.47. The van der Waals surface area contributed by atoms with Crippen LogP contribution in [0.4, 0.5) is 0 Å². The van der Waals surface area contributed by atoms with E-state index in [1.54, 1.807) is 6.07 Å². The normalized spacial score (nSPS) is 10.3. The molecule has 0 bridgehead atoms. The number of fused-ring (bicyclic) bond motifs is 1. The van der Waals surface area contributed by atoms with Crippen LogP contribution in [0.5, 0.6) is 5.75 Å². The molecule has 2 aliphatic rings. The molecular weight excluding hydrogens is 256 g/mol. The molecule has 0 atom stereocenters. The van der Waals surface area contributed by atoms with Gasteiger partial charge in [0, 0.05) is 17.0 Å². The molecular formula is C12H9BrO2. The highest BCUT2D eigenvalue weighted by atomic mass is 79.9. The standard InChI is InChI=1S/C12H9BrO2/c1-8(14)15-12-6-5-9-7-10(13)3-2-4-11(9)12/h2-7H,1H3. The summed E-state index contributed by atoms with van der Waals surface area (Å²) in [7, 11) is 0. The monoisotopic (exact) mass is 264 g/mol. The number of ether oxygens (including phenoxy) is 1. The highest BCUT2D eigenvalue weighted by Gasteiger charge is 2.10. The molecule has 0 fully saturated rings. The van der Waals surface area contributed by atoms with Crippen molar-refractivity contribution in [2.24, 2.45) is 0 Å². The zero-order valence-corrected chi connectivity index (χ0v) is 9.74. The van der Waals surface area contributed by atoms with Gasteiger partial charge in [0.05, 0.1) is 0 Å². The molecule has 0 amide bonds. The summed E-state index contributed by atoms with van der Waals surface area (Å²) in [5.74, 6) is 0.314. The van der Waals surface area contributed by atoms with Gasteiger partial charge in [0.15, 0.2) is 0 Å². The van der Waals surface area contributed by atoms with E-state index < -0.39 is 0 Å². The number of esters is 1. The van der Waals surface area contributed by atoms with Crippen LogP contribution in [0.1, 0.15) is 6.92 Å². The summed E-state index contributed by atoms with van der Waals surface area (Å²) in [5, 5.41) is 0. The van der Waals surface area contributed by atoms with Crippen molar-refractivity contribution in [2.75, 3.05) is 0 Å². The first kappa shape index (κ1) is 10.2. The van der Waals surface area contributed by atoms with E-state index >= 15 is 0 Å². The Balaban J connectivity index is 2.49. The minimum atomic E-state index is -0.298. The Labute approximate surface area is 96.3 Å². The molecule has 0 heterocycles. The largest absolute Gasteiger partial charge is 0.426 e.